The molecule has 0 bridgehead atoms. The maximum atomic E-state index is 11.7. The van der Waals surface area contributed by atoms with Crippen molar-refractivity contribution in [3.63, 3.8) is 0 Å². The maximum Gasteiger partial charge on any atom is 0.342 e. The summed E-state index contributed by atoms with van der Waals surface area (Å²) in [6.07, 6.45) is 6.29. The molecular formula is C17H15NO3. The van der Waals surface area contributed by atoms with E-state index in [1.165, 1.54) is 0 Å². The van der Waals surface area contributed by atoms with E-state index in [9.17, 15) is 9.59 Å². The van der Waals surface area contributed by atoms with Crippen LogP contribution in [-0.2, 0) is 14.3 Å². The van der Waals surface area contributed by atoms with E-state index < -0.39 is 11.9 Å². The van der Waals surface area contributed by atoms with Gasteiger partial charge in [-0.1, -0.05) is 30.4 Å². The zero-order valence-corrected chi connectivity index (χ0v) is 11.7. The van der Waals surface area contributed by atoms with Gasteiger partial charge in [-0.2, -0.15) is 0 Å². The number of carbonyl (C=O) groups is 2. The Kier molecular flexibility index (Phi) is 3.44. The van der Waals surface area contributed by atoms with Crippen LogP contribution in [0.1, 0.15) is 18.4 Å². The first-order valence-electron chi connectivity index (χ1n) is 6.80. The van der Waals surface area contributed by atoms with Gasteiger partial charge in [-0.15, -0.1) is 0 Å². The Balaban J connectivity index is 1.77. The predicted molar refractivity (Wildman–Crippen MR) is 79.4 cm³/mol. The lowest BCUT2D eigenvalue weighted by molar-refractivity contribution is -0.157. The van der Waals surface area contributed by atoms with Gasteiger partial charge < -0.3 is 10.1 Å². The third-order valence-corrected chi connectivity index (χ3v) is 3.61. The fraction of sp³-hybridized carbons (Fsp3) is 0.176. The number of anilines is 1. The van der Waals surface area contributed by atoms with E-state index in [1.54, 1.807) is 0 Å². The number of allylic oxidation sites excluding steroid dienone is 3. The number of esters is 2. The normalized spacial score (nSPS) is 19.6. The van der Waals surface area contributed by atoms with Crippen molar-refractivity contribution in [2.24, 2.45) is 0 Å². The third kappa shape index (κ3) is 2.79. The molecule has 0 atom stereocenters. The van der Waals surface area contributed by atoms with Crippen molar-refractivity contribution in [1.82, 2.24) is 0 Å². The van der Waals surface area contributed by atoms with E-state index in [2.05, 4.69) is 10.1 Å². The first kappa shape index (κ1) is 13.4. The Hall–Kier alpha value is -2.62. The Morgan fingerprint density at radius 3 is 2.76 bits per heavy atom. The minimum absolute atomic E-state index is 0.177. The largest absolute Gasteiger partial charge is 0.389 e. The summed E-state index contributed by atoms with van der Waals surface area (Å²) in [5, 5.41) is 3.25. The molecule has 0 saturated heterocycles. The van der Waals surface area contributed by atoms with Crippen molar-refractivity contribution in [3.05, 3.63) is 64.9 Å². The molecule has 2 aliphatic rings. The lowest BCUT2D eigenvalue weighted by Gasteiger charge is -2.20. The van der Waals surface area contributed by atoms with Crippen molar-refractivity contribution >= 4 is 17.6 Å². The van der Waals surface area contributed by atoms with Gasteiger partial charge in [0.1, 0.15) is 0 Å². The molecule has 0 radical (unpaired) electrons. The highest BCUT2D eigenvalue weighted by atomic mass is 16.6. The second kappa shape index (κ2) is 5.40. The SMILES string of the molecule is Cc1ccccc1NC=C1C=CC2=C(C1)C(=O)OC(=O)C2. The smallest absolute Gasteiger partial charge is 0.342 e. The van der Waals surface area contributed by atoms with Crippen LogP contribution < -0.4 is 5.32 Å². The minimum Gasteiger partial charge on any atom is -0.389 e. The number of aryl methyl sites for hydroxylation is 1. The molecular weight excluding hydrogens is 266 g/mol. The quantitative estimate of drug-likeness (QED) is 0.668. The average molecular weight is 281 g/mol. The van der Waals surface area contributed by atoms with Crippen LogP contribution in [0.4, 0.5) is 5.69 Å². The molecule has 106 valence electrons. The first-order valence-corrected chi connectivity index (χ1v) is 6.80. The molecule has 1 aliphatic heterocycles. The number of benzene rings is 1. The molecule has 1 aromatic rings. The van der Waals surface area contributed by atoms with Gasteiger partial charge in [-0.25, -0.2) is 4.79 Å². The van der Waals surface area contributed by atoms with Crippen molar-refractivity contribution in [2.45, 2.75) is 19.8 Å². The standard InChI is InChI=1S/C17H15NO3/c1-11-4-2-3-5-15(11)18-10-12-6-7-13-9-16(19)21-17(20)14(13)8-12/h2-7,10,18H,8-9H2,1H3. The Bertz CT molecular complexity index is 711. The van der Waals surface area contributed by atoms with E-state index >= 15 is 0 Å². The number of para-hydroxylation sites is 1. The zero-order chi connectivity index (χ0) is 14.8. The van der Waals surface area contributed by atoms with Crippen molar-refractivity contribution < 1.29 is 14.3 Å². The number of cyclic esters (lactones) is 2. The Labute approximate surface area is 122 Å². The van der Waals surface area contributed by atoms with Gasteiger partial charge in [0.2, 0.25) is 0 Å². The molecule has 0 aromatic heterocycles. The molecule has 4 nitrogen and oxygen atoms in total. The van der Waals surface area contributed by atoms with Crippen molar-refractivity contribution in [1.29, 1.82) is 0 Å². The molecule has 1 N–H and O–H groups in total. The highest BCUT2D eigenvalue weighted by molar-refractivity contribution is 6.02. The molecule has 1 aromatic carbocycles. The Morgan fingerprint density at radius 1 is 1.14 bits per heavy atom. The fourth-order valence-corrected chi connectivity index (χ4v) is 2.41. The van der Waals surface area contributed by atoms with Crippen molar-refractivity contribution in [3.8, 4) is 0 Å². The molecule has 0 unspecified atom stereocenters. The average Bonchev–Trinajstić information content (AvgIpc) is 2.46. The van der Waals surface area contributed by atoms with Crippen LogP contribution in [0.15, 0.2) is 59.3 Å². The molecule has 4 heteroatoms. The van der Waals surface area contributed by atoms with Gasteiger partial charge in [0.25, 0.3) is 0 Å². The van der Waals surface area contributed by atoms with Crippen LogP contribution in [0, 0.1) is 6.92 Å². The number of carbonyl (C=O) groups excluding carboxylic acids is 2. The number of ether oxygens (including phenoxy) is 1. The highest BCUT2D eigenvalue weighted by Gasteiger charge is 2.28. The predicted octanol–water partition coefficient (Wildman–Crippen LogP) is 3.02. The van der Waals surface area contributed by atoms with Crippen molar-refractivity contribution in [2.75, 3.05) is 5.32 Å². The van der Waals surface area contributed by atoms with Crippen LogP contribution >= 0.6 is 0 Å². The lowest BCUT2D eigenvalue weighted by Crippen LogP contribution is -2.23. The summed E-state index contributed by atoms with van der Waals surface area (Å²) < 4.78 is 4.67. The molecule has 3 rings (SSSR count). The molecule has 0 amide bonds. The number of rotatable bonds is 2. The summed E-state index contributed by atoms with van der Waals surface area (Å²) in [6, 6.07) is 7.98. The summed E-state index contributed by atoms with van der Waals surface area (Å²) in [4.78, 5) is 23.0. The fourth-order valence-electron chi connectivity index (χ4n) is 2.41. The summed E-state index contributed by atoms with van der Waals surface area (Å²) in [6.45, 7) is 2.03. The van der Waals surface area contributed by atoms with Gasteiger partial charge in [0, 0.05) is 23.9 Å². The van der Waals surface area contributed by atoms with Gasteiger partial charge in [0.05, 0.1) is 6.42 Å². The maximum absolute atomic E-state index is 11.7. The van der Waals surface area contributed by atoms with Crippen LogP contribution in [0.25, 0.3) is 0 Å². The number of hydrogen-bond donors (Lipinski definition) is 1. The van der Waals surface area contributed by atoms with E-state index in [1.807, 2.05) is 49.5 Å². The monoisotopic (exact) mass is 281 g/mol. The Morgan fingerprint density at radius 2 is 1.95 bits per heavy atom. The van der Waals surface area contributed by atoms with E-state index in [0.717, 1.165) is 22.4 Å². The minimum atomic E-state index is -0.521. The number of hydrogen-bond acceptors (Lipinski definition) is 4. The summed E-state index contributed by atoms with van der Waals surface area (Å²) >= 11 is 0. The highest BCUT2D eigenvalue weighted by Crippen LogP contribution is 2.29. The molecule has 0 fully saturated rings. The van der Waals surface area contributed by atoms with Crippen LogP contribution in [-0.4, -0.2) is 11.9 Å². The van der Waals surface area contributed by atoms with Gasteiger partial charge >= 0.3 is 11.9 Å². The first-order chi connectivity index (χ1) is 10.1. The van der Waals surface area contributed by atoms with Crippen LogP contribution in [0.5, 0.6) is 0 Å². The second-order valence-electron chi connectivity index (χ2n) is 5.13. The summed E-state index contributed by atoms with van der Waals surface area (Å²) in [5.74, 6) is -0.999. The van der Waals surface area contributed by atoms with E-state index in [0.29, 0.717) is 12.0 Å². The van der Waals surface area contributed by atoms with Gasteiger partial charge in [-0.3, -0.25) is 4.79 Å². The molecule has 0 spiro atoms. The molecule has 21 heavy (non-hydrogen) atoms. The molecule has 1 aliphatic carbocycles. The number of nitrogens with one attached hydrogen (secondary N) is 1. The van der Waals surface area contributed by atoms with E-state index in [-0.39, 0.29) is 6.42 Å². The van der Waals surface area contributed by atoms with Crippen LogP contribution in [0.2, 0.25) is 0 Å². The van der Waals surface area contributed by atoms with Gasteiger partial charge in [0.15, 0.2) is 0 Å². The zero-order valence-electron chi connectivity index (χ0n) is 11.7. The summed E-state index contributed by atoms with van der Waals surface area (Å²) in [7, 11) is 0. The van der Waals surface area contributed by atoms with E-state index in [4.69, 9.17) is 0 Å². The van der Waals surface area contributed by atoms with Crippen LogP contribution in [0.3, 0.4) is 0 Å². The topological polar surface area (TPSA) is 55.4 Å². The lowest BCUT2D eigenvalue weighted by atomic mass is 9.91. The van der Waals surface area contributed by atoms with Gasteiger partial charge in [-0.05, 0) is 29.7 Å². The molecule has 0 saturated carbocycles. The molecule has 1 heterocycles. The third-order valence-electron chi connectivity index (χ3n) is 3.61. The second-order valence-corrected chi connectivity index (χ2v) is 5.13. The summed E-state index contributed by atoms with van der Waals surface area (Å²) in [5.41, 5.74) is 4.50.